The van der Waals surface area contributed by atoms with Crippen LogP contribution < -0.4 is 5.32 Å². The van der Waals surface area contributed by atoms with Crippen molar-refractivity contribution in [3.05, 3.63) is 59.7 Å². The Kier molecular flexibility index (Phi) is 4.25. The fourth-order valence-corrected chi connectivity index (χ4v) is 1.71. The van der Waals surface area contributed by atoms with E-state index in [1.54, 1.807) is 24.5 Å². The zero-order valence-corrected chi connectivity index (χ0v) is 9.94. The van der Waals surface area contributed by atoms with Crippen molar-refractivity contribution in [1.82, 2.24) is 10.3 Å². The summed E-state index contributed by atoms with van der Waals surface area (Å²) >= 11 is 0. The van der Waals surface area contributed by atoms with Crippen LogP contribution in [-0.2, 0) is 13.0 Å². The number of aromatic hydroxyl groups is 1. The minimum atomic E-state index is -0.580. The van der Waals surface area contributed by atoms with Crippen LogP contribution in [0.15, 0.2) is 42.7 Å². The van der Waals surface area contributed by atoms with E-state index in [1.165, 1.54) is 11.6 Å². The second kappa shape index (κ2) is 6.12. The molecule has 0 aliphatic rings. The van der Waals surface area contributed by atoms with Crippen LogP contribution in [0.1, 0.15) is 11.1 Å². The summed E-state index contributed by atoms with van der Waals surface area (Å²) in [4.78, 5) is 3.95. The van der Waals surface area contributed by atoms with Gasteiger partial charge in [0, 0.05) is 24.5 Å². The summed E-state index contributed by atoms with van der Waals surface area (Å²) in [7, 11) is 0. The third-order valence-electron chi connectivity index (χ3n) is 2.73. The van der Waals surface area contributed by atoms with Crippen molar-refractivity contribution in [2.45, 2.75) is 13.0 Å². The lowest BCUT2D eigenvalue weighted by molar-refractivity contribution is 0.423. The molecular weight excluding hydrogens is 231 g/mol. The summed E-state index contributed by atoms with van der Waals surface area (Å²) < 4.78 is 13.1. The van der Waals surface area contributed by atoms with E-state index in [2.05, 4.69) is 10.3 Å². The van der Waals surface area contributed by atoms with Crippen molar-refractivity contribution in [3.63, 3.8) is 0 Å². The van der Waals surface area contributed by atoms with E-state index in [9.17, 15) is 9.50 Å². The Bertz CT molecular complexity index is 502. The van der Waals surface area contributed by atoms with Crippen molar-refractivity contribution < 1.29 is 9.50 Å². The van der Waals surface area contributed by atoms with Crippen LogP contribution in [-0.4, -0.2) is 16.6 Å². The van der Waals surface area contributed by atoms with Gasteiger partial charge in [-0.2, -0.15) is 0 Å². The first kappa shape index (κ1) is 12.5. The molecule has 0 amide bonds. The van der Waals surface area contributed by atoms with Gasteiger partial charge in [-0.1, -0.05) is 12.1 Å². The molecule has 0 unspecified atom stereocenters. The number of nitrogens with zero attached hydrogens (tertiary/aromatic N) is 1. The van der Waals surface area contributed by atoms with Crippen LogP contribution in [0, 0.1) is 5.82 Å². The lowest BCUT2D eigenvalue weighted by Crippen LogP contribution is -2.16. The molecule has 3 nitrogen and oxygen atoms in total. The predicted octanol–water partition coefficient (Wildman–Crippen LogP) is 2.26. The van der Waals surface area contributed by atoms with E-state index in [-0.39, 0.29) is 5.75 Å². The normalized spacial score (nSPS) is 10.5. The lowest BCUT2D eigenvalue weighted by Gasteiger charge is -2.07. The standard InChI is InChI=1S/C14H15FN2O/c15-13-3-1-2-12(14(13)18)10-17-9-6-11-4-7-16-8-5-11/h1-5,7-8,17-18H,6,9-10H2. The molecule has 0 saturated carbocycles. The molecule has 0 aliphatic carbocycles. The van der Waals surface area contributed by atoms with E-state index in [1.807, 2.05) is 12.1 Å². The highest BCUT2D eigenvalue weighted by atomic mass is 19.1. The molecule has 4 heteroatoms. The van der Waals surface area contributed by atoms with E-state index >= 15 is 0 Å². The summed E-state index contributed by atoms with van der Waals surface area (Å²) in [6.45, 7) is 1.22. The number of para-hydroxylation sites is 1. The number of phenolic OH excluding ortho intramolecular Hbond substituents is 1. The number of pyridine rings is 1. The van der Waals surface area contributed by atoms with Gasteiger partial charge in [-0.05, 0) is 36.7 Å². The number of aromatic nitrogens is 1. The molecule has 94 valence electrons. The molecule has 0 radical (unpaired) electrons. The van der Waals surface area contributed by atoms with E-state index in [4.69, 9.17) is 0 Å². The maximum atomic E-state index is 13.1. The Morgan fingerprint density at radius 3 is 2.72 bits per heavy atom. The maximum absolute atomic E-state index is 13.1. The highest BCUT2D eigenvalue weighted by Gasteiger charge is 2.05. The number of phenols is 1. The van der Waals surface area contributed by atoms with E-state index < -0.39 is 5.82 Å². The summed E-state index contributed by atoms with van der Waals surface area (Å²) in [6, 6.07) is 8.46. The Morgan fingerprint density at radius 2 is 1.94 bits per heavy atom. The van der Waals surface area contributed by atoms with Gasteiger partial charge in [-0.3, -0.25) is 4.98 Å². The largest absolute Gasteiger partial charge is 0.505 e. The number of hydrogen-bond acceptors (Lipinski definition) is 3. The summed E-state index contributed by atoms with van der Waals surface area (Å²) in [5.41, 5.74) is 1.77. The number of hydrogen-bond donors (Lipinski definition) is 2. The number of rotatable bonds is 5. The summed E-state index contributed by atoms with van der Waals surface area (Å²) in [6.07, 6.45) is 4.39. The van der Waals surface area contributed by atoms with Crippen molar-refractivity contribution in [1.29, 1.82) is 0 Å². The van der Waals surface area contributed by atoms with E-state index in [0.29, 0.717) is 12.1 Å². The Morgan fingerprint density at radius 1 is 1.17 bits per heavy atom. The van der Waals surface area contributed by atoms with Gasteiger partial charge >= 0.3 is 0 Å². The Hall–Kier alpha value is -1.94. The minimum absolute atomic E-state index is 0.270. The van der Waals surface area contributed by atoms with Crippen molar-refractivity contribution in [2.75, 3.05) is 6.54 Å². The minimum Gasteiger partial charge on any atom is -0.505 e. The second-order valence-electron chi connectivity index (χ2n) is 4.03. The first-order chi connectivity index (χ1) is 8.77. The molecule has 0 aliphatic heterocycles. The topological polar surface area (TPSA) is 45.1 Å². The van der Waals surface area contributed by atoms with Crippen LogP contribution in [0.3, 0.4) is 0 Å². The molecule has 1 heterocycles. The molecule has 2 N–H and O–H groups in total. The molecular formula is C14H15FN2O. The van der Waals surface area contributed by atoms with Crippen LogP contribution >= 0.6 is 0 Å². The molecule has 1 aromatic carbocycles. The summed E-state index contributed by atoms with van der Waals surface area (Å²) in [5.74, 6) is -0.850. The van der Waals surface area contributed by atoms with Gasteiger partial charge in [0.25, 0.3) is 0 Å². The monoisotopic (exact) mass is 246 g/mol. The quantitative estimate of drug-likeness (QED) is 0.795. The summed E-state index contributed by atoms with van der Waals surface area (Å²) in [5, 5.41) is 12.7. The van der Waals surface area contributed by atoms with Gasteiger partial charge < -0.3 is 10.4 Å². The zero-order valence-electron chi connectivity index (χ0n) is 9.94. The molecule has 0 atom stereocenters. The second-order valence-corrected chi connectivity index (χ2v) is 4.03. The van der Waals surface area contributed by atoms with Gasteiger partial charge in [0.05, 0.1) is 0 Å². The van der Waals surface area contributed by atoms with Crippen LogP contribution in [0.25, 0.3) is 0 Å². The molecule has 18 heavy (non-hydrogen) atoms. The highest BCUT2D eigenvalue weighted by molar-refractivity contribution is 5.33. The lowest BCUT2D eigenvalue weighted by atomic mass is 10.1. The van der Waals surface area contributed by atoms with Gasteiger partial charge in [0.15, 0.2) is 11.6 Å². The van der Waals surface area contributed by atoms with Crippen LogP contribution in [0.4, 0.5) is 4.39 Å². The smallest absolute Gasteiger partial charge is 0.165 e. The van der Waals surface area contributed by atoms with Gasteiger partial charge in [-0.25, -0.2) is 4.39 Å². The molecule has 0 fully saturated rings. The molecule has 0 bridgehead atoms. The predicted molar refractivity (Wildman–Crippen MR) is 67.7 cm³/mol. The fourth-order valence-electron chi connectivity index (χ4n) is 1.71. The van der Waals surface area contributed by atoms with Crippen molar-refractivity contribution in [3.8, 4) is 5.75 Å². The molecule has 2 rings (SSSR count). The molecule has 0 spiro atoms. The van der Waals surface area contributed by atoms with Gasteiger partial charge in [-0.15, -0.1) is 0 Å². The maximum Gasteiger partial charge on any atom is 0.165 e. The van der Waals surface area contributed by atoms with Crippen LogP contribution in [0.2, 0.25) is 0 Å². The molecule has 1 aromatic heterocycles. The molecule has 2 aromatic rings. The third-order valence-corrected chi connectivity index (χ3v) is 2.73. The third kappa shape index (κ3) is 3.28. The zero-order chi connectivity index (χ0) is 12.8. The highest BCUT2D eigenvalue weighted by Crippen LogP contribution is 2.20. The first-order valence-electron chi connectivity index (χ1n) is 5.83. The Balaban J connectivity index is 1.81. The van der Waals surface area contributed by atoms with Crippen molar-refractivity contribution in [2.24, 2.45) is 0 Å². The first-order valence-corrected chi connectivity index (χ1v) is 5.83. The van der Waals surface area contributed by atoms with Gasteiger partial charge in [0.1, 0.15) is 0 Å². The number of benzene rings is 1. The van der Waals surface area contributed by atoms with Crippen molar-refractivity contribution >= 4 is 0 Å². The average Bonchev–Trinajstić information content (AvgIpc) is 2.40. The SMILES string of the molecule is Oc1c(F)cccc1CNCCc1ccncc1. The number of halogens is 1. The van der Waals surface area contributed by atoms with Crippen LogP contribution in [0.5, 0.6) is 5.75 Å². The number of nitrogens with one attached hydrogen (secondary N) is 1. The fraction of sp³-hybridized carbons (Fsp3) is 0.214. The Labute approximate surface area is 105 Å². The molecule has 0 saturated heterocycles. The van der Waals surface area contributed by atoms with Gasteiger partial charge in [0.2, 0.25) is 0 Å². The average molecular weight is 246 g/mol. The van der Waals surface area contributed by atoms with E-state index in [0.717, 1.165) is 13.0 Å².